The first-order valence-electron chi connectivity index (χ1n) is 6.59. The zero-order valence-corrected chi connectivity index (χ0v) is 11.6. The number of hydrogen-bond donors (Lipinski definition) is 3. The fourth-order valence-electron chi connectivity index (χ4n) is 2.14. The zero-order chi connectivity index (χ0) is 13.7. The second-order valence-electron chi connectivity index (χ2n) is 4.76. The smallest absolute Gasteiger partial charge is 0.147 e. The Balaban J connectivity index is 2.00. The molecule has 2 rings (SSSR count). The van der Waals surface area contributed by atoms with E-state index in [4.69, 9.17) is 16.7 Å². The third kappa shape index (κ3) is 4.04. The number of halogens is 1. The molecule has 1 fully saturated rings. The van der Waals surface area contributed by atoms with E-state index in [2.05, 4.69) is 15.2 Å². The molecule has 106 valence electrons. The Labute approximate surface area is 118 Å². The van der Waals surface area contributed by atoms with E-state index in [1.165, 1.54) is 0 Å². The minimum absolute atomic E-state index is 0.208. The lowest BCUT2D eigenvalue weighted by atomic mass is 10.1. The molecule has 0 saturated carbocycles. The van der Waals surface area contributed by atoms with Crippen LogP contribution in [-0.2, 0) is 6.42 Å². The highest BCUT2D eigenvalue weighted by Crippen LogP contribution is 2.24. The zero-order valence-electron chi connectivity index (χ0n) is 10.8. The first-order valence-corrected chi connectivity index (χ1v) is 6.97. The van der Waals surface area contributed by atoms with E-state index in [9.17, 15) is 5.11 Å². The second-order valence-corrected chi connectivity index (χ2v) is 5.17. The first-order chi connectivity index (χ1) is 9.20. The number of anilines is 1. The van der Waals surface area contributed by atoms with Crippen molar-refractivity contribution in [2.45, 2.75) is 18.9 Å². The van der Waals surface area contributed by atoms with Crippen molar-refractivity contribution in [3.8, 4) is 0 Å². The molecule has 0 aromatic carbocycles. The molecule has 5 nitrogen and oxygen atoms in total. The van der Waals surface area contributed by atoms with E-state index in [0.29, 0.717) is 17.9 Å². The van der Waals surface area contributed by atoms with Gasteiger partial charge in [0.15, 0.2) is 0 Å². The van der Waals surface area contributed by atoms with Crippen molar-refractivity contribution in [3.63, 3.8) is 0 Å². The molecule has 1 aromatic heterocycles. The third-order valence-electron chi connectivity index (χ3n) is 3.27. The molecule has 0 amide bonds. The number of hydrogen-bond acceptors (Lipinski definition) is 5. The SMILES string of the molecule is OCC(O)CCc1cnc(N2CCNCC2)c(Cl)c1. The van der Waals surface area contributed by atoms with Crippen LogP contribution in [0.25, 0.3) is 0 Å². The van der Waals surface area contributed by atoms with Crippen LogP contribution >= 0.6 is 11.6 Å². The van der Waals surface area contributed by atoms with Crippen LogP contribution in [0.5, 0.6) is 0 Å². The quantitative estimate of drug-likeness (QED) is 0.732. The predicted molar refractivity (Wildman–Crippen MR) is 75.7 cm³/mol. The second kappa shape index (κ2) is 7.05. The van der Waals surface area contributed by atoms with E-state index in [1.807, 2.05) is 6.07 Å². The summed E-state index contributed by atoms with van der Waals surface area (Å²) in [5.41, 5.74) is 0.983. The lowest BCUT2D eigenvalue weighted by Crippen LogP contribution is -2.44. The average Bonchev–Trinajstić information content (AvgIpc) is 2.45. The number of nitrogens with zero attached hydrogens (tertiary/aromatic N) is 2. The van der Waals surface area contributed by atoms with Gasteiger partial charge in [0.25, 0.3) is 0 Å². The summed E-state index contributed by atoms with van der Waals surface area (Å²) in [7, 11) is 0. The van der Waals surface area contributed by atoms with E-state index in [-0.39, 0.29) is 6.61 Å². The number of aromatic nitrogens is 1. The maximum atomic E-state index is 9.33. The van der Waals surface area contributed by atoms with Gasteiger partial charge in [-0.15, -0.1) is 0 Å². The Kier molecular flexibility index (Phi) is 5.39. The summed E-state index contributed by atoms with van der Waals surface area (Å²) in [6.45, 7) is 3.51. The number of nitrogens with one attached hydrogen (secondary N) is 1. The summed E-state index contributed by atoms with van der Waals surface area (Å²) in [4.78, 5) is 6.60. The molecule has 19 heavy (non-hydrogen) atoms. The summed E-state index contributed by atoms with van der Waals surface area (Å²) in [6, 6.07) is 1.90. The van der Waals surface area contributed by atoms with Crippen molar-refractivity contribution >= 4 is 17.4 Å². The van der Waals surface area contributed by atoms with Gasteiger partial charge < -0.3 is 20.4 Å². The normalized spacial score (nSPS) is 17.5. The van der Waals surface area contributed by atoms with Crippen LogP contribution in [0.1, 0.15) is 12.0 Å². The maximum Gasteiger partial charge on any atom is 0.147 e. The third-order valence-corrected chi connectivity index (χ3v) is 3.55. The van der Waals surface area contributed by atoms with Gasteiger partial charge in [-0.3, -0.25) is 0 Å². The van der Waals surface area contributed by atoms with Gasteiger partial charge in [0.2, 0.25) is 0 Å². The number of aliphatic hydroxyl groups excluding tert-OH is 2. The largest absolute Gasteiger partial charge is 0.394 e. The maximum absolute atomic E-state index is 9.33. The van der Waals surface area contributed by atoms with E-state index < -0.39 is 6.10 Å². The van der Waals surface area contributed by atoms with E-state index in [1.54, 1.807) is 6.20 Å². The van der Waals surface area contributed by atoms with Gasteiger partial charge in [0, 0.05) is 32.4 Å². The highest BCUT2D eigenvalue weighted by molar-refractivity contribution is 6.33. The lowest BCUT2D eigenvalue weighted by molar-refractivity contribution is 0.0885. The molecule has 0 bridgehead atoms. The van der Waals surface area contributed by atoms with Gasteiger partial charge >= 0.3 is 0 Å². The van der Waals surface area contributed by atoms with Crippen molar-refractivity contribution in [1.29, 1.82) is 0 Å². The highest BCUT2D eigenvalue weighted by atomic mass is 35.5. The molecule has 2 heterocycles. The van der Waals surface area contributed by atoms with Crippen LogP contribution in [0.15, 0.2) is 12.3 Å². The molecule has 0 spiro atoms. The summed E-state index contributed by atoms with van der Waals surface area (Å²) in [5.74, 6) is 0.828. The van der Waals surface area contributed by atoms with Gasteiger partial charge in [0.1, 0.15) is 5.82 Å². The topological polar surface area (TPSA) is 68.6 Å². The number of pyridine rings is 1. The molecule has 1 saturated heterocycles. The summed E-state index contributed by atoms with van der Waals surface area (Å²) in [5, 5.41) is 22.0. The van der Waals surface area contributed by atoms with Crippen molar-refractivity contribution < 1.29 is 10.2 Å². The Hall–Kier alpha value is -0.880. The minimum atomic E-state index is -0.674. The van der Waals surface area contributed by atoms with Crippen LogP contribution in [-0.4, -0.2) is 54.1 Å². The molecular formula is C13H20ClN3O2. The van der Waals surface area contributed by atoms with Crippen LogP contribution < -0.4 is 10.2 Å². The van der Waals surface area contributed by atoms with Crippen molar-refractivity contribution in [3.05, 3.63) is 22.8 Å². The van der Waals surface area contributed by atoms with Gasteiger partial charge in [-0.2, -0.15) is 0 Å². The van der Waals surface area contributed by atoms with E-state index in [0.717, 1.165) is 37.6 Å². The Morgan fingerprint density at radius 3 is 2.79 bits per heavy atom. The molecule has 3 N–H and O–H groups in total. The lowest BCUT2D eigenvalue weighted by Gasteiger charge is -2.29. The summed E-state index contributed by atoms with van der Waals surface area (Å²) in [6.07, 6.45) is 2.30. The molecule has 6 heteroatoms. The molecule has 0 aliphatic carbocycles. The minimum Gasteiger partial charge on any atom is -0.394 e. The van der Waals surface area contributed by atoms with Crippen LogP contribution in [0.4, 0.5) is 5.82 Å². The monoisotopic (exact) mass is 285 g/mol. The van der Waals surface area contributed by atoms with Gasteiger partial charge in [-0.05, 0) is 24.5 Å². The van der Waals surface area contributed by atoms with Gasteiger partial charge in [-0.25, -0.2) is 4.98 Å². The summed E-state index contributed by atoms with van der Waals surface area (Å²) < 4.78 is 0. The number of aliphatic hydroxyl groups is 2. The Morgan fingerprint density at radius 2 is 2.16 bits per heavy atom. The Morgan fingerprint density at radius 1 is 1.42 bits per heavy atom. The Bertz CT molecular complexity index is 411. The molecule has 1 aromatic rings. The summed E-state index contributed by atoms with van der Waals surface area (Å²) >= 11 is 6.28. The molecule has 0 radical (unpaired) electrons. The van der Waals surface area contributed by atoms with Gasteiger partial charge in [-0.1, -0.05) is 11.6 Å². The van der Waals surface area contributed by atoms with Gasteiger partial charge in [0.05, 0.1) is 17.7 Å². The standard InChI is InChI=1S/C13H20ClN3O2/c14-12-7-10(1-2-11(19)9-18)8-16-13(12)17-5-3-15-4-6-17/h7-8,11,15,18-19H,1-6,9H2. The van der Waals surface area contributed by atoms with Crippen LogP contribution in [0, 0.1) is 0 Å². The van der Waals surface area contributed by atoms with Crippen LogP contribution in [0.3, 0.4) is 0 Å². The molecular weight excluding hydrogens is 266 g/mol. The van der Waals surface area contributed by atoms with Crippen molar-refractivity contribution in [2.24, 2.45) is 0 Å². The predicted octanol–water partition coefficient (Wildman–Crippen LogP) is 0.430. The molecule has 1 unspecified atom stereocenters. The molecule has 1 atom stereocenters. The molecule has 1 aliphatic heterocycles. The first kappa shape index (κ1) is 14.5. The molecule has 1 aliphatic rings. The number of piperazine rings is 1. The van der Waals surface area contributed by atoms with Crippen molar-refractivity contribution in [1.82, 2.24) is 10.3 Å². The number of rotatable bonds is 5. The average molecular weight is 286 g/mol. The fourth-order valence-corrected chi connectivity index (χ4v) is 2.45. The van der Waals surface area contributed by atoms with E-state index >= 15 is 0 Å². The highest BCUT2D eigenvalue weighted by Gasteiger charge is 2.15. The number of aryl methyl sites for hydroxylation is 1. The fraction of sp³-hybridized carbons (Fsp3) is 0.615. The van der Waals surface area contributed by atoms with Crippen molar-refractivity contribution in [2.75, 3.05) is 37.7 Å². The van der Waals surface area contributed by atoms with Crippen LogP contribution in [0.2, 0.25) is 5.02 Å².